The van der Waals surface area contributed by atoms with E-state index in [1.807, 2.05) is 0 Å². The molecule has 0 fully saturated rings. The number of ether oxygens (including phenoxy) is 1. The molecule has 1 heterocycles. The number of hydrogen-bond donors (Lipinski definition) is 1. The van der Waals surface area contributed by atoms with Crippen molar-refractivity contribution in [1.29, 1.82) is 0 Å². The first kappa shape index (κ1) is 17.8. The van der Waals surface area contributed by atoms with Crippen molar-refractivity contribution in [3.63, 3.8) is 0 Å². The minimum atomic E-state index is -0.728. The van der Waals surface area contributed by atoms with Gasteiger partial charge in [-0.3, -0.25) is 14.9 Å². The van der Waals surface area contributed by atoms with Crippen molar-refractivity contribution in [2.75, 3.05) is 6.61 Å². The fourth-order valence-corrected chi connectivity index (χ4v) is 2.47. The molecule has 1 aromatic heterocycles. The van der Waals surface area contributed by atoms with Gasteiger partial charge in [-0.1, -0.05) is 30.9 Å². The van der Waals surface area contributed by atoms with Gasteiger partial charge < -0.3 is 9.72 Å². The largest absolute Gasteiger partial charge is 0.482 e. The highest BCUT2D eigenvalue weighted by Crippen LogP contribution is 2.29. The minimum Gasteiger partial charge on any atom is -0.482 e. The van der Waals surface area contributed by atoms with Crippen LogP contribution in [0.5, 0.6) is 5.75 Å². The highest BCUT2D eigenvalue weighted by Gasteiger charge is 2.18. The normalized spacial score (nSPS) is 11.0. The summed E-state index contributed by atoms with van der Waals surface area (Å²) in [6, 6.07) is 10.8. The number of nitro groups is 1. The number of hydrogen-bond acceptors (Lipinski definition) is 6. The van der Waals surface area contributed by atoms with Gasteiger partial charge in [0, 0.05) is 11.6 Å². The first-order chi connectivity index (χ1) is 13.0. The van der Waals surface area contributed by atoms with Gasteiger partial charge in [0.15, 0.2) is 0 Å². The van der Waals surface area contributed by atoms with Crippen molar-refractivity contribution in [2.45, 2.75) is 0 Å². The molecule has 0 unspecified atom stereocenters. The van der Waals surface area contributed by atoms with Gasteiger partial charge in [0.2, 0.25) is 5.75 Å². The molecule has 9 heteroatoms. The zero-order valence-electron chi connectivity index (χ0n) is 14.0. The van der Waals surface area contributed by atoms with E-state index in [0.29, 0.717) is 10.2 Å². The summed E-state index contributed by atoms with van der Waals surface area (Å²) in [6.07, 6.45) is 2.60. The van der Waals surface area contributed by atoms with Gasteiger partial charge in [-0.15, -0.1) is 4.68 Å². The Labute approximate surface area is 152 Å². The van der Waals surface area contributed by atoms with Crippen LogP contribution in [0, 0.1) is 10.1 Å². The highest BCUT2D eigenvalue weighted by atomic mass is 16.6. The standard InChI is InChI=1S/C18H14N4O5/c1-2-10-27-16-12(6-5-9-15(16)22(25)26)11-19-21-17(23)13-7-3-4-8-14(13)20-18(21)24/h2-9,11H,1,10H2,(H,20,24). The Morgan fingerprint density at radius 2 is 2.00 bits per heavy atom. The van der Waals surface area contributed by atoms with Crippen molar-refractivity contribution in [3.05, 3.63) is 91.6 Å². The van der Waals surface area contributed by atoms with Crippen molar-refractivity contribution in [2.24, 2.45) is 5.10 Å². The molecule has 0 spiro atoms. The number of nitro benzene ring substituents is 1. The predicted molar refractivity (Wildman–Crippen MR) is 101 cm³/mol. The molecule has 3 aromatic rings. The van der Waals surface area contributed by atoms with E-state index in [-0.39, 0.29) is 29.0 Å². The van der Waals surface area contributed by atoms with Crippen LogP contribution in [-0.2, 0) is 0 Å². The van der Waals surface area contributed by atoms with Gasteiger partial charge in [-0.2, -0.15) is 5.10 Å². The summed E-state index contributed by atoms with van der Waals surface area (Å²) in [7, 11) is 0. The third-order valence-electron chi connectivity index (χ3n) is 3.66. The van der Waals surface area contributed by atoms with E-state index in [4.69, 9.17) is 4.74 Å². The number of fused-ring (bicyclic) bond motifs is 1. The maximum absolute atomic E-state index is 12.5. The predicted octanol–water partition coefficient (Wildman–Crippen LogP) is 2.04. The van der Waals surface area contributed by atoms with Gasteiger partial charge in [0.25, 0.3) is 5.56 Å². The summed E-state index contributed by atoms with van der Waals surface area (Å²) < 4.78 is 6.02. The van der Waals surface area contributed by atoms with Crippen molar-refractivity contribution in [1.82, 2.24) is 9.66 Å². The van der Waals surface area contributed by atoms with E-state index >= 15 is 0 Å². The fourth-order valence-electron chi connectivity index (χ4n) is 2.47. The lowest BCUT2D eigenvalue weighted by atomic mass is 10.2. The van der Waals surface area contributed by atoms with E-state index in [1.54, 1.807) is 24.3 Å². The number of nitrogens with one attached hydrogen (secondary N) is 1. The molecule has 0 radical (unpaired) electrons. The number of aromatic nitrogens is 2. The first-order valence-corrected chi connectivity index (χ1v) is 7.82. The van der Waals surface area contributed by atoms with Gasteiger partial charge in [0.05, 0.1) is 22.0 Å². The van der Waals surface area contributed by atoms with Gasteiger partial charge >= 0.3 is 11.4 Å². The summed E-state index contributed by atoms with van der Waals surface area (Å²) in [4.78, 5) is 37.8. The monoisotopic (exact) mass is 366 g/mol. The smallest absolute Gasteiger partial charge is 0.349 e. The maximum atomic E-state index is 12.5. The Hall–Kier alpha value is -4.01. The van der Waals surface area contributed by atoms with Crippen molar-refractivity contribution >= 4 is 22.8 Å². The molecule has 0 aliphatic carbocycles. The van der Waals surface area contributed by atoms with Crippen LogP contribution in [-0.4, -0.2) is 27.4 Å². The second-order valence-electron chi connectivity index (χ2n) is 5.39. The summed E-state index contributed by atoms with van der Waals surface area (Å²) in [6.45, 7) is 3.55. The van der Waals surface area contributed by atoms with Crippen LogP contribution in [0.4, 0.5) is 5.69 Å². The number of nitrogens with zero attached hydrogens (tertiary/aromatic N) is 3. The van der Waals surface area contributed by atoms with Gasteiger partial charge in [-0.25, -0.2) is 4.79 Å². The molecule has 0 saturated carbocycles. The summed E-state index contributed by atoms with van der Waals surface area (Å²) >= 11 is 0. The summed E-state index contributed by atoms with van der Waals surface area (Å²) in [5.41, 5.74) is -0.964. The Balaban J connectivity index is 2.12. The highest BCUT2D eigenvalue weighted by molar-refractivity contribution is 5.86. The molecule has 0 aliphatic heterocycles. The number of benzene rings is 2. The zero-order chi connectivity index (χ0) is 19.4. The molecule has 9 nitrogen and oxygen atoms in total. The Bertz CT molecular complexity index is 1180. The molecule has 136 valence electrons. The van der Waals surface area contributed by atoms with Gasteiger partial charge in [0.1, 0.15) is 6.61 Å². The minimum absolute atomic E-state index is 0.0311. The Morgan fingerprint density at radius 3 is 2.74 bits per heavy atom. The van der Waals surface area contributed by atoms with Crippen LogP contribution in [0.3, 0.4) is 0 Å². The van der Waals surface area contributed by atoms with Crippen LogP contribution in [0.2, 0.25) is 0 Å². The quantitative estimate of drug-likeness (QED) is 0.310. The molecule has 2 aromatic carbocycles. The van der Waals surface area contributed by atoms with Crippen LogP contribution in [0.1, 0.15) is 5.56 Å². The zero-order valence-corrected chi connectivity index (χ0v) is 14.0. The third kappa shape index (κ3) is 3.52. The van der Waals surface area contributed by atoms with E-state index in [2.05, 4.69) is 16.7 Å². The SMILES string of the molecule is C=CCOc1c(C=Nn2c(=O)[nH]c3ccccc3c2=O)cccc1[N+](=O)[O-]. The molecular weight excluding hydrogens is 352 g/mol. The molecule has 0 saturated heterocycles. The van der Waals surface area contributed by atoms with Crippen LogP contribution >= 0.6 is 0 Å². The first-order valence-electron chi connectivity index (χ1n) is 7.82. The average Bonchev–Trinajstić information content (AvgIpc) is 2.66. The van der Waals surface area contributed by atoms with E-state index in [1.165, 1.54) is 24.3 Å². The molecule has 27 heavy (non-hydrogen) atoms. The van der Waals surface area contributed by atoms with Crippen LogP contribution in [0.25, 0.3) is 10.9 Å². The second kappa shape index (κ2) is 7.48. The molecule has 0 atom stereocenters. The molecule has 0 aliphatic rings. The summed E-state index contributed by atoms with van der Waals surface area (Å²) in [5.74, 6) is -0.0311. The molecule has 0 bridgehead atoms. The maximum Gasteiger partial charge on any atom is 0.349 e. The molecule has 3 rings (SSSR count). The van der Waals surface area contributed by atoms with Crippen molar-refractivity contribution in [3.8, 4) is 5.75 Å². The number of para-hydroxylation sites is 2. The van der Waals surface area contributed by atoms with Crippen LogP contribution < -0.4 is 16.0 Å². The lowest BCUT2D eigenvalue weighted by Gasteiger charge is -2.07. The molecular formula is C18H14N4O5. The lowest BCUT2D eigenvalue weighted by molar-refractivity contribution is -0.385. The Morgan fingerprint density at radius 1 is 1.22 bits per heavy atom. The fraction of sp³-hybridized carbons (Fsp3) is 0.0556. The van der Waals surface area contributed by atoms with E-state index in [9.17, 15) is 19.7 Å². The average molecular weight is 366 g/mol. The second-order valence-corrected chi connectivity index (χ2v) is 5.39. The number of rotatable bonds is 6. The van der Waals surface area contributed by atoms with E-state index in [0.717, 1.165) is 6.21 Å². The molecule has 1 N–H and O–H groups in total. The lowest BCUT2D eigenvalue weighted by Crippen LogP contribution is -2.32. The third-order valence-corrected chi connectivity index (χ3v) is 3.66. The van der Waals surface area contributed by atoms with Crippen LogP contribution in [0.15, 0.2) is 69.8 Å². The van der Waals surface area contributed by atoms with Gasteiger partial charge in [-0.05, 0) is 18.2 Å². The number of H-pyrrole nitrogens is 1. The van der Waals surface area contributed by atoms with Crippen molar-refractivity contribution < 1.29 is 9.66 Å². The summed E-state index contributed by atoms with van der Waals surface area (Å²) in [5, 5.41) is 15.4. The van der Waals surface area contributed by atoms with E-state index < -0.39 is 16.2 Å². The number of aromatic amines is 1. The Kier molecular flexibility index (Phi) is 4.93. The topological polar surface area (TPSA) is 120 Å². The molecule has 0 amide bonds.